The molecule has 0 saturated carbocycles. The molecule has 5 nitrogen and oxygen atoms in total. The van der Waals surface area contributed by atoms with Gasteiger partial charge in [-0.1, -0.05) is 41.6 Å². The number of carbonyl (C=O) groups is 1. The Bertz CT molecular complexity index is 797. The summed E-state index contributed by atoms with van der Waals surface area (Å²) in [5.74, 6) is 1.18. The van der Waals surface area contributed by atoms with E-state index in [4.69, 9.17) is 9.26 Å². The highest BCUT2D eigenvalue weighted by Gasteiger charge is 2.11. The average molecular weight is 308 g/mol. The van der Waals surface area contributed by atoms with Gasteiger partial charge in [-0.3, -0.25) is 4.79 Å². The normalized spacial score (nSPS) is 10.3. The molecule has 0 aliphatic rings. The van der Waals surface area contributed by atoms with E-state index < -0.39 is 0 Å². The fraction of sp³-hybridized carbons (Fsp3) is 0.111. The maximum Gasteiger partial charge on any atom is 0.230 e. The van der Waals surface area contributed by atoms with E-state index in [0.717, 1.165) is 5.56 Å². The highest BCUT2D eigenvalue weighted by Crippen LogP contribution is 2.20. The van der Waals surface area contributed by atoms with E-state index in [-0.39, 0.29) is 12.3 Å². The molecule has 116 valence electrons. The molecule has 3 rings (SSSR count). The second-order valence-corrected chi connectivity index (χ2v) is 5.01. The van der Waals surface area contributed by atoms with Crippen molar-refractivity contribution < 1.29 is 14.1 Å². The number of methoxy groups -OCH3 is 1. The van der Waals surface area contributed by atoms with Crippen LogP contribution >= 0.6 is 0 Å². The van der Waals surface area contributed by atoms with E-state index >= 15 is 0 Å². The Morgan fingerprint density at radius 1 is 1.13 bits per heavy atom. The Kier molecular flexibility index (Phi) is 4.38. The predicted molar refractivity (Wildman–Crippen MR) is 87.3 cm³/mol. The fourth-order valence-corrected chi connectivity index (χ4v) is 2.20. The Morgan fingerprint density at radius 3 is 2.74 bits per heavy atom. The number of hydrogen-bond donors (Lipinski definition) is 1. The fourth-order valence-electron chi connectivity index (χ4n) is 2.20. The Labute approximate surface area is 133 Å². The van der Waals surface area contributed by atoms with Gasteiger partial charge in [0, 0.05) is 23.4 Å². The zero-order valence-corrected chi connectivity index (χ0v) is 12.7. The summed E-state index contributed by atoms with van der Waals surface area (Å²) in [5, 5.41) is 6.76. The quantitative estimate of drug-likeness (QED) is 0.783. The second kappa shape index (κ2) is 6.79. The summed E-state index contributed by atoms with van der Waals surface area (Å²) in [5.41, 5.74) is 2.20. The van der Waals surface area contributed by atoms with Crippen molar-refractivity contribution >= 4 is 11.6 Å². The molecule has 0 aliphatic carbocycles. The number of nitrogens with one attached hydrogen (secondary N) is 1. The van der Waals surface area contributed by atoms with Crippen molar-refractivity contribution in [1.82, 2.24) is 5.16 Å². The summed E-state index contributed by atoms with van der Waals surface area (Å²) in [4.78, 5) is 12.1. The van der Waals surface area contributed by atoms with Crippen molar-refractivity contribution in [3.63, 3.8) is 0 Å². The molecule has 23 heavy (non-hydrogen) atoms. The lowest BCUT2D eigenvalue weighted by Gasteiger charge is -2.05. The summed E-state index contributed by atoms with van der Waals surface area (Å²) in [6.45, 7) is 0. The van der Waals surface area contributed by atoms with Crippen LogP contribution in [0, 0.1) is 0 Å². The van der Waals surface area contributed by atoms with Crippen molar-refractivity contribution in [2.24, 2.45) is 0 Å². The summed E-state index contributed by atoms with van der Waals surface area (Å²) in [6, 6.07) is 18.6. The predicted octanol–water partition coefficient (Wildman–Crippen LogP) is 3.53. The lowest BCUT2D eigenvalue weighted by molar-refractivity contribution is -0.115. The van der Waals surface area contributed by atoms with Crippen molar-refractivity contribution in [2.75, 3.05) is 12.4 Å². The third-order valence-corrected chi connectivity index (χ3v) is 3.31. The van der Waals surface area contributed by atoms with E-state index in [0.29, 0.717) is 22.9 Å². The molecule has 1 amide bonds. The summed E-state index contributed by atoms with van der Waals surface area (Å²) >= 11 is 0. The Morgan fingerprint density at radius 2 is 1.96 bits per heavy atom. The number of hydrogen-bond acceptors (Lipinski definition) is 4. The monoisotopic (exact) mass is 308 g/mol. The highest BCUT2D eigenvalue weighted by atomic mass is 16.5. The SMILES string of the molecule is COc1cccc(NC(=O)Cc2cc(-c3ccccc3)on2)c1. The molecule has 0 spiro atoms. The molecule has 2 aromatic carbocycles. The number of carbonyl (C=O) groups excluding carboxylic acids is 1. The zero-order chi connectivity index (χ0) is 16.1. The van der Waals surface area contributed by atoms with Crippen LogP contribution in [-0.4, -0.2) is 18.2 Å². The smallest absolute Gasteiger partial charge is 0.230 e. The molecule has 3 aromatic rings. The first-order chi connectivity index (χ1) is 11.2. The molecule has 0 unspecified atom stereocenters. The minimum Gasteiger partial charge on any atom is -0.497 e. The van der Waals surface area contributed by atoms with Gasteiger partial charge in [0.15, 0.2) is 5.76 Å². The number of amides is 1. The summed E-state index contributed by atoms with van der Waals surface area (Å²) in [7, 11) is 1.58. The molecular weight excluding hydrogens is 292 g/mol. The first kappa shape index (κ1) is 14.8. The van der Waals surface area contributed by atoms with Gasteiger partial charge >= 0.3 is 0 Å². The Balaban J connectivity index is 1.65. The van der Waals surface area contributed by atoms with Gasteiger partial charge in [0.2, 0.25) is 5.91 Å². The first-order valence-corrected chi connectivity index (χ1v) is 7.19. The first-order valence-electron chi connectivity index (χ1n) is 7.19. The van der Waals surface area contributed by atoms with Gasteiger partial charge in [-0.05, 0) is 12.1 Å². The van der Waals surface area contributed by atoms with Crippen molar-refractivity contribution in [2.45, 2.75) is 6.42 Å². The van der Waals surface area contributed by atoms with Crippen LogP contribution in [-0.2, 0) is 11.2 Å². The third-order valence-electron chi connectivity index (χ3n) is 3.31. The van der Waals surface area contributed by atoms with Crippen LogP contribution in [0.3, 0.4) is 0 Å². The number of benzene rings is 2. The molecule has 0 radical (unpaired) electrons. The third kappa shape index (κ3) is 3.77. The van der Waals surface area contributed by atoms with Crippen LogP contribution in [0.5, 0.6) is 5.75 Å². The van der Waals surface area contributed by atoms with Gasteiger partial charge in [0.25, 0.3) is 0 Å². The summed E-state index contributed by atoms with van der Waals surface area (Å²) < 4.78 is 10.4. The molecule has 1 heterocycles. The van der Waals surface area contributed by atoms with Crippen LogP contribution in [0.2, 0.25) is 0 Å². The van der Waals surface area contributed by atoms with Gasteiger partial charge in [0.1, 0.15) is 5.75 Å². The number of anilines is 1. The molecule has 1 N–H and O–H groups in total. The number of aromatic nitrogens is 1. The van der Waals surface area contributed by atoms with Crippen LogP contribution in [0.15, 0.2) is 65.2 Å². The molecule has 5 heteroatoms. The lowest BCUT2D eigenvalue weighted by Crippen LogP contribution is -2.14. The van der Waals surface area contributed by atoms with Crippen LogP contribution in [0.25, 0.3) is 11.3 Å². The van der Waals surface area contributed by atoms with Crippen LogP contribution in [0.4, 0.5) is 5.69 Å². The minimum absolute atomic E-state index is 0.146. The van der Waals surface area contributed by atoms with Gasteiger partial charge < -0.3 is 14.6 Å². The highest BCUT2D eigenvalue weighted by molar-refractivity contribution is 5.92. The molecule has 0 aliphatic heterocycles. The van der Waals surface area contributed by atoms with E-state index in [2.05, 4.69) is 10.5 Å². The number of ether oxygens (including phenoxy) is 1. The van der Waals surface area contributed by atoms with E-state index in [9.17, 15) is 4.79 Å². The Hall–Kier alpha value is -3.08. The van der Waals surface area contributed by atoms with E-state index in [1.807, 2.05) is 42.5 Å². The minimum atomic E-state index is -0.161. The molecule has 0 atom stereocenters. The maximum absolute atomic E-state index is 12.1. The number of rotatable bonds is 5. The van der Waals surface area contributed by atoms with Gasteiger partial charge in [-0.2, -0.15) is 0 Å². The van der Waals surface area contributed by atoms with Gasteiger partial charge in [0.05, 0.1) is 19.2 Å². The van der Waals surface area contributed by atoms with Crippen molar-refractivity contribution in [1.29, 1.82) is 0 Å². The van der Waals surface area contributed by atoms with E-state index in [1.54, 1.807) is 25.3 Å². The van der Waals surface area contributed by atoms with E-state index in [1.165, 1.54) is 0 Å². The largest absolute Gasteiger partial charge is 0.497 e. The van der Waals surface area contributed by atoms with Crippen molar-refractivity contribution in [3.05, 3.63) is 66.4 Å². The molecular formula is C18H16N2O3. The molecule has 0 fully saturated rings. The van der Waals surface area contributed by atoms with Gasteiger partial charge in [-0.25, -0.2) is 0 Å². The second-order valence-electron chi connectivity index (χ2n) is 5.01. The van der Waals surface area contributed by atoms with Crippen molar-refractivity contribution in [3.8, 4) is 17.1 Å². The lowest BCUT2D eigenvalue weighted by atomic mass is 10.1. The standard InChI is InChI=1S/C18H16N2O3/c1-22-16-9-5-8-14(10-16)19-18(21)12-15-11-17(23-20-15)13-6-3-2-4-7-13/h2-11H,12H2,1H3,(H,19,21). The molecule has 1 aromatic heterocycles. The maximum atomic E-state index is 12.1. The van der Waals surface area contributed by atoms with Gasteiger partial charge in [-0.15, -0.1) is 0 Å². The average Bonchev–Trinajstić information content (AvgIpc) is 3.04. The summed E-state index contributed by atoms with van der Waals surface area (Å²) in [6.07, 6.45) is 0.146. The topological polar surface area (TPSA) is 64.4 Å². The zero-order valence-electron chi connectivity index (χ0n) is 12.7. The molecule has 0 bridgehead atoms. The van der Waals surface area contributed by atoms with Crippen LogP contribution < -0.4 is 10.1 Å². The number of nitrogens with zero attached hydrogens (tertiary/aromatic N) is 1. The van der Waals surface area contributed by atoms with Crippen LogP contribution in [0.1, 0.15) is 5.69 Å². The molecule has 0 saturated heterocycles.